The van der Waals surface area contributed by atoms with Gasteiger partial charge in [0, 0.05) is 19.7 Å². The minimum Gasteiger partial charge on any atom is -0.393 e. The van der Waals surface area contributed by atoms with Gasteiger partial charge in [0.1, 0.15) is 0 Å². The van der Waals surface area contributed by atoms with Crippen LogP contribution in [0.5, 0.6) is 0 Å². The summed E-state index contributed by atoms with van der Waals surface area (Å²) in [6.45, 7) is 5.08. The quantitative estimate of drug-likeness (QED) is 0.684. The first-order valence-electron chi connectivity index (χ1n) is 4.87. The fourth-order valence-electron chi connectivity index (χ4n) is 1.50. The second kappa shape index (κ2) is 6.29. The average molecular weight is 202 g/mol. The van der Waals surface area contributed by atoms with Crippen LogP contribution in [0.4, 0.5) is 0 Å². The van der Waals surface area contributed by atoms with E-state index in [0.717, 1.165) is 52.1 Å². The molecule has 1 fully saturated rings. The Kier molecular flexibility index (Phi) is 5.27. The maximum Gasteiger partial charge on any atom is 0.0727 e. The molecule has 1 aliphatic heterocycles. The maximum atomic E-state index is 5.43. The molecule has 0 aromatic carbocycles. The Labute approximate surface area is 85.2 Å². The Morgan fingerprint density at radius 2 is 2.23 bits per heavy atom. The van der Waals surface area contributed by atoms with Gasteiger partial charge in [0.15, 0.2) is 0 Å². The molecule has 1 rings (SSSR count). The van der Waals surface area contributed by atoms with Crippen LogP contribution >= 0.6 is 12.2 Å². The molecular formula is C9H18N2OS. The van der Waals surface area contributed by atoms with Gasteiger partial charge in [-0.25, -0.2) is 0 Å². The molecule has 0 atom stereocenters. The largest absolute Gasteiger partial charge is 0.393 e. The van der Waals surface area contributed by atoms with Crippen LogP contribution in [-0.4, -0.2) is 42.7 Å². The topological polar surface area (TPSA) is 38.5 Å². The van der Waals surface area contributed by atoms with Gasteiger partial charge in [0.2, 0.25) is 0 Å². The van der Waals surface area contributed by atoms with Crippen molar-refractivity contribution >= 4 is 17.2 Å². The van der Waals surface area contributed by atoms with Crippen molar-refractivity contribution in [2.45, 2.75) is 19.3 Å². The lowest BCUT2D eigenvalue weighted by atomic mass is 10.3. The third-order valence-corrected chi connectivity index (χ3v) is 2.42. The lowest BCUT2D eigenvalue weighted by Gasteiger charge is -2.18. The Morgan fingerprint density at radius 3 is 3.00 bits per heavy atom. The molecule has 0 spiro atoms. The van der Waals surface area contributed by atoms with Gasteiger partial charge in [-0.05, 0) is 25.8 Å². The Morgan fingerprint density at radius 1 is 1.38 bits per heavy atom. The number of ether oxygens (including phenoxy) is 1. The number of thiocarbonyl (C=S) groups is 1. The number of hydrogen-bond acceptors (Lipinski definition) is 3. The van der Waals surface area contributed by atoms with Gasteiger partial charge in [-0.1, -0.05) is 12.2 Å². The van der Waals surface area contributed by atoms with E-state index in [0.29, 0.717) is 4.99 Å². The van der Waals surface area contributed by atoms with Crippen LogP contribution in [0.2, 0.25) is 0 Å². The van der Waals surface area contributed by atoms with Crippen LogP contribution in [0.1, 0.15) is 19.3 Å². The average Bonchev–Trinajstić information content (AvgIpc) is 2.32. The lowest BCUT2D eigenvalue weighted by molar-refractivity contribution is 0.141. The molecule has 4 heteroatoms. The van der Waals surface area contributed by atoms with Gasteiger partial charge in [-0.2, -0.15) is 0 Å². The molecule has 76 valence electrons. The summed E-state index contributed by atoms with van der Waals surface area (Å²) in [6, 6.07) is 0. The van der Waals surface area contributed by atoms with Gasteiger partial charge in [-0.15, -0.1) is 0 Å². The van der Waals surface area contributed by atoms with Gasteiger partial charge in [0.25, 0.3) is 0 Å². The van der Waals surface area contributed by atoms with Crippen molar-refractivity contribution < 1.29 is 4.74 Å². The van der Waals surface area contributed by atoms with E-state index in [1.165, 1.54) is 0 Å². The molecule has 0 amide bonds. The second-order valence-corrected chi connectivity index (χ2v) is 3.90. The molecule has 0 aromatic rings. The lowest BCUT2D eigenvalue weighted by Crippen LogP contribution is -2.28. The first kappa shape index (κ1) is 10.9. The van der Waals surface area contributed by atoms with Crippen molar-refractivity contribution in [3.05, 3.63) is 0 Å². The summed E-state index contributed by atoms with van der Waals surface area (Å²) in [5, 5.41) is 0. The maximum absolute atomic E-state index is 5.43. The zero-order valence-electron chi connectivity index (χ0n) is 8.00. The summed E-state index contributed by atoms with van der Waals surface area (Å²) in [5.41, 5.74) is 5.43. The SMILES string of the molecule is NC(=S)CCCN1CCCOCC1. The van der Waals surface area contributed by atoms with E-state index in [1.54, 1.807) is 0 Å². The van der Waals surface area contributed by atoms with Crippen molar-refractivity contribution in [3.8, 4) is 0 Å². The van der Waals surface area contributed by atoms with Crippen LogP contribution in [0.25, 0.3) is 0 Å². The minimum atomic E-state index is 0.631. The monoisotopic (exact) mass is 202 g/mol. The molecule has 1 aliphatic rings. The van der Waals surface area contributed by atoms with Crippen molar-refractivity contribution in [3.63, 3.8) is 0 Å². The number of nitrogens with zero attached hydrogens (tertiary/aromatic N) is 1. The summed E-state index contributed by atoms with van der Waals surface area (Å²) in [6.07, 6.45) is 3.09. The Hall–Kier alpha value is -0.190. The zero-order chi connectivity index (χ0) is 9.52. The number of hydrogen-bond donors (Lipinski definition) is 1. The predicted octanol–water partition coefficient (Wildman–Crippen LogP) is 0.775. The molecular weight excluding hydrogens is 184 g/mol. The van der Waals surface area contributed by atoms with E-state index in [2.05, 4.69) is 4.90 Å². The van der Waals surface area contributed by atoms with E-state index < -0.39 is 0 Å². The number of rotatable bonds is 4. The van der Waals surface area contributed by atoms with Crippen LogP contribution in [0.3, 0.4) is 0 Å². The van der Waals surface area contributed by atoms with Crippen molar-refractivity contribution in [1.82, 2.24) is 4.90 Å². The first-order chi connectivity index (χ1) is 6.29. The molecule has 0 bridgehead atoms. The van der Waals surface area contributed by atoms with Crippen molar-refractivity contribution in [2.24, 2.45) is 5.73 Å². The summed E-state index contributed by atoms with van der Waals surface area (Å²) < 4.78 is 5.36. The predicted molar refractivity (Wildman–Crippen MR) is 57.9 cm³/mol. The van der Waals surface area contributed by atoms with E-state index in [1.807, 2.05) is 0 Å². The molecule has 1 saturated heterocycles. The Bertz CT molecular complexity index is 156. The molecule has 0 unspecified atom stereocenters. The van der Waals surface area contributed by atoms with E-state index >= 15 is 0 Å². The van der Waals surface area contributed by atoms with Crippen LogP contribution in [-0.2, 0) is 4.74 Å². The highest BCUT2D eigenvalue weighted by atomic mass is 32.1. The Balaban J connectivity index is 2.08. The minimum absolute atomic E-state index is 0.631. The van der Waals surface area contributed by atoms with E-state index in [4.69, 9.17) is 22.7 Å². The van der Waals surface area contributed by atoms with Crippen molar-refractivity contribution in [1.29, 1.82) is 0 Å². The smallest absolute Gasteiger partial charge is 0.0727 e. The fraction of sp³-hybridized carbons (Fsp3) is 0.889. The molecule has 0 saturated carbocycles. The second-order valence-electron chi connectivity index (χ2n) is 3.38. The van der Waals surface area contributed by atoms with Crippen LogP contribution < -0.4 is 5.73 Å². The fourth-order valence-corrected chi connectivity index (χ4v) is 1.64. The third-order valence-electron chi connectivity index (χ3n) is 2.21. The highest BCUT2D eigenvalue weighted by Gasteiger charge is 2.07. The first-order valence-corrected chi connectivity index (χ1v) is 5.28. The van der Waals surface area contributed by atoms with Gasteiger partial charge in [0.05, 0.1) is 11.6 Å². The molecule has 13 heavy (non-hydrogen) atoms. The van der Waals surface area contributed by atoms with Gasteiger partial charge >= 0.3 is 0 Å². The number of nitrogens with two attached hydrogens (primary N) is 1. The highest BCUT2D eigenvalue weighted by Crippen LogP contribution is 2.01. The highest BCUT2D eigenvalue weighted by molar-refractivity contribution is 7.80. The summed E-state index contributed by atoms with van der Waals surface area (Å²) in [4.78, 5) is 3.05. The molecule has 0 radical (unpaired) electrons. The molecule has 3 nitrogen and oxygen atoms in total. The van der Waals surface area contributed by atoms with Gasteiger partial charge in [-0.3, -0.25) is 0 Å². The molecule has 1 heterocycles. The van der Waals surface area contributed by atoms with Crippen LogP contribution in [0, 0.1) is 0 Å². The molecule has 0 aliphatic carbocycles. The normalized spacial score (nSPS) is 19.7. The standard InChI is InChI=1S/C9H18N2OS/c10-9(13)3-1-4-11-5-2-7-12-8-6-11/h1-8H2,(H2,10,13). The summed E-state index contributed by atoms with van der Waals surface area (Å²) in [5.74, 6) is 0. The third kappa shape index (κ3) is 5.18. The zero-order valence-corrected chi connectivity index (χ0v) is 8.81. The van der Waals surface area contributed by atoms with Crippen molar-refractivity contribution in [2.75, 3.05) is 32.8 Å². The molecule has 0 aromatic heterocycles. The van der Waals surface area contributed by atoms with Crippen LogP contribution in [0.15, 0.2) is 0 Å². The molecule has 2 N–H and O–H groups in total. The summed E-state index contributed by atoms with van der Waals surface area (Å²) >= 11 is 4.82. The summed E-state index contributed by atoms with van der Waals surface area (Å²) in [7, 11) is 0. The van der Waals surface area contributed by atoms with Gasteiger partial charge < -0.3 is 15.4 Å². The van der Waals surface area contributed by atoms with E-state index in [9.17, 15) is 0 Å². The van der Waals surface area contributed by atoms with E-state index in [-0.39, 0.29) is 0 Å².